The van der Waals surface area contributed by atoms with Crippen LogP contribution in [-0.4, -0.2) is 22.0 Å². The summed E-state index contributed by atoms with van der Waals surface area (Å²) in [4.78, 5) is 26.4. The summed E-state index contributed by atoms with van der Waals surface area (Å²) in [7, 11) is 0. The number of carbonyl (C=O) groups is 2. The maximum atomic E-state index is 13.4. The number of carboxylic acid groups (broad SMARTS) is 1. The summed E-state index contributed by atoms with van der Waals surface area (Å²) >= 11 is 1.96. The van der Waals surface area contributed by atoms with Gasteiger partial charge in [0.2, 0.25) is 5.95 Å². The summed E-state index contributed by atoms with van der Waals surface area (Å²) in [5.74, 6) is -2.84. The number of rotatable bonds is 3. The van der Waals surface area contributed by atoms with E-state index in [2.05, 4.69) is 10.3 Å². The van der Waals surface area contributed by atoms with Gasteiger partial charge in [0.05, 0.1) is 16.8 Å². The van der Waals surface area contributed by atoms with E-state index < -0.39 is 17.8 Å². The number of hydrogen-bond donors (Lipinski definition) is 2. The van der Waals surface area contributed by atoms with Crippen molar-refractivity contribution in [2.45, 2.75) is 0 Å². The zero-order valence-electron chi connectivity index (χ0n) is 9.93. The standard InChI is InChI=1S/C13H8FIN2O3/c14-11-8(2-1-5-16-11)12(18)17-10-4-3-7(15)6-9(10)13(19)20/h1-6H,(H,17,18)(H,19,20). The third-order valence-corrected chi connectivity index (χ3v) is 3.13. The fraction of sp³-hybridized carbons (Fsp3) is 0. The summed E-state index contributed by atoms with van der Waals surface area (Å²) in [6.45, 7) is 0. The molecule has 0 atom stereocenters. The van der Waals surface area contributed by atoms with Gasteiger partial charge in [-0.15, -0.1) is 0 Å². The van der Waals surface area contributed by atoms with Gasteiger partial charge in [0, 0.05) is 9.77 Å². The molecular weight excluding hydrogens is 378 g/mol. The largest absolute Gasteiger partial charge is 0.478 e. The lowest BCUT2D eigenvalue weighted by atomic mass is 10.1. The molecule has 0 spiro atoms. The first-order valence-electron chi connectivity index (χ1n) is 5.44. The van der Waals surface area contributed by atoms with Gasteiger partial charge in [0.25, 0.3) is 5.91 Å². The maximum absolute atomic E-state index is 13.4. The second-order valence-electron chi connectivity index (χ2n) is 3.79. The van der Waals surface area contributed by atoms with Gasteiger partial charge in [-0.25, -0.2) is 9.78 Å². The molecule has 0 aliphatic rings. The first-order chi connectivity index (χ1) is 9.49. The Morgan fingerprint density at radius 3 is 2.65 bits per heavy atom. The number of aromatic carboxylic acids is 1. The lowest BCUT2D eigenvalue weighted by Crippen LogP contribution is -2.16. The topological polar surface area (TPSA) is 79.3 Å². The van der Waals surface area contributed by atoms with Crippen molar-refractivity contribution in [3.63, 3.8) is 0 Å². The Bertz CT molecular complexity index is 691. The van der Waals surface area contributed by atoms with Crippen molar-refractivity contribution in [2.24, 2.45) is 0 Å². The van der Waals surface area contributed by atoms with Crippen LogP contribution in [0.15, 0.2) is 36.5 Å². The molecule has 5 nitrogen and oxygen atoms in total. The van der Waals surface area contributed by atoms with Gasteiger partial charge in [-0.05, 0) is 52.9 Å². The molecule has 0 aliphatic carbocycles. The van der Waals surface area contributed by atoms with Crippen molar-refractivity contribution < 1.29 is 19.1 Å². The van der Waals surface area contributed by atoms with Crippen molar-refractivity contribution in [3.8, 4) is 0 Å². The van der Waals surface area contributed by atoms with Gasteiger partial charge in [-0.1, -0.05) is 0 Å². The van der Waals surface area contributed by atoms with Crippen molar-refractivity contribution in [1.29, 1.82) is 0 Å². The number of aromatic nitrogens is 1. The van der Waals surface area contributed by atoms with Crippen molar-refractivity contribution in [2.75, 3.05) is 5.32 Å². The average molecular weight is 386 g/mol. The van der Waals surface area contributed by atoms with Gasteiger partial charge >= 0.3 is 5.97 Å². The summed E-state index contributed by atoms with van der Waals surface area (Å²) in [6.07, 6.45) is 1.22. The summed E-state index contributed by atoms with van der Waals surface area (Å²) in [6, 6.07) is 7.20. The minimum Gasteiger partial charge on any atom is -0.478 e. The molecule has 0 saturated heterocycles. The van der Waals surface area contributed by atoms with Crippen molar-refractivity contribution in [1.82, 2.24) is 4.98 Å². The lowest BCUT2D eigenvalue weighted by molar-refractivity contribution is 0.0698. The van der Waals surface area contributed by atoms with Gasteiger partial charge in [0.15, 0.2) is 0 Å². The Hall–Kier alpha value is -2.03. The molecule has 102 valence electrons. The van der Waals surface area contributed by atoms with E-state index in [1.165, 1.54) is 30.5 Å². The van der Waals surface area contributed by atoms with E-state index in [1.807, 2.05) is 22.6 Å². The van der Waals surface area contributed by atoms with Crippen LogP contribution in [0, 0.1) is 9.52 Å². The molecule has 0 saturated carbocycles. The minimum absolute atomic E-state index is 0.0606. The second kappa shape index (κ2) is 5.95. The van der Waals surface area contributed by atoms with E-state index >= 15 is 0 Å². The number of nitrogens with one attached hydrogen (secondary N) is 1. The first-order valence-corrected chi connectivity index (χ1v) is 6.51. The van der Waals surface area contributed by atoms with Crippen LogP contribution in [0.2, 0.25) is 0 Å². The second-order valence-corrected chi connectivity index (χ2v) is 5.04. The number of amides is 1. The van der Waals surface area contributed by atoms with E-state index in [4.69, 9.17) is 5.11 Å². The predicted octanol–water partition coefficient (Wildman–Crippen LogP) is 2.78. The molecule has 0 aliphatic heterocycles. The van der Waals surface area contributed by atoms with E-state index in [9.17, 15) is 14.0 Å². The van der Waals surface area contributed by atoms with Gasteiger partial charge < -0.3 is 10.4 Å². The van der Waals surface area contributed by atoms with Gasteiger partial charge in [0.1, 0.15) is 0 Å². The molecule has 1 aromatic heterocycles. The van der Waals surface area contributed by atoms with E-state index in [0.717, 1.165) is 0 Å². The van der Waals surface area contributed by atoms with Gasteiger partial charge in [-0.2, -0.15) is 4.39 Å². The van der Waals surface area contributed by atoms with Crippen molar-refractivity contribution >= 4 is 40.2 Å². The van der Waals surface area contributed by atoms with E-state index in [1.54, 1.807) is 6.07 Å². The zero-order chi connectivity index (χ0) is 14.7. The van der Waals surface area contributed by atoms with Crippen LogP contribution in [0.3, 0.4) is 0 Å². The number of pyridine rings is 1. The number of nitrogens with zero attached hydrogens (tertiary/aromatic N) is 1. The van der Waals surface area contributed by atoms with Crippen LogP contribution in [0.1, 0.15) is 20.7 Å². The van der Waals surface area contributed by atoms with Crippen LogP contribution in [0.4, 0.5) is 10.1 Å². The Labute approximate surface area is 127 Å². The van der Waals surface area contributed by atoms with Crippen LogP contribution in [0.25, 0.3) is 0 Å². The molecule has 7 heteroatoms. The zero-order valence-corrected chi connectivity index (χ0v) is 12.1. The molecule has 2 N–H and O–H groups in total. The SMILES string of the molecule is O=C(O)c1cc(I)ccc1NC(=O)c1cccnc1F. The number of carboxylic acids is 1. The predicted molar refractivity (Wildman–Crippen MR) is 78.3 cm³/mol. The highest BCUT2D eigenvalue weighted by Gasteiger charge is 2.16. The van der Waals surface area contributed by atoms with E-state index in [-0.39, 0.29) is 16.8 Å². The number of benzene rings is 1. The summed E-state index contributed by atoms with van der Waals surface area (Å²) < 4.78 is 14.1. The molecule has 2 rings (SSSR count). The Kier molecular flexibility index (Phi) is 4.28. The molecular formula is C13H8FIN2O3. The first kappa shape index (κ1) is 14.4. The fourth-order valence-corrected chi connectivity index (χ4v) is 2.04. The molecule has 0 fully saturated rings. The fourth-order valence-electron chi connectivity index (χ4n) is 1.55. The van der Waals surface area contributed by atoms with E-state index in [0.29, 0.717) is 3.57 Å². The molecule has 20 heavy (non-hydrogen) atoms. The Balaban J connectivity index is 2.33. The molecule has 0 unspecified atom stereocenters. The third kappa shape index (κ3) is 3.10. The highest BCUT2D eigenvalue weighted by atomic mass is 127. The Morgan fingerprint density at radius 1 is 1.25 bits per heavy atom. The number of anilines is 1. The van der Waals surface area contributed by atoms with Crippen LogP contribution in [-0.2, 0) is 0 Å². The minimum atomic E-state index is -1.18. The molecule has 1 heterocycles. The third-order valence-electron chi connectivity index (χ3n) is 2.46. The monoisotopic (exact) mass is 386 g/mol. The number of hydrogen-bond acceptors (Lipinski definition) is 3. The van der Waals surface area contributed by atoms with Crippen LogP contribution >= 0.6 is 22.6 Å². The normalized spacial score (nSPS) is 10.1. The van der Waals surface area contributed by atoms with Crippen molar-refractivity contribution in [3.05, 3.63) is 57.2 Å². The smallest absolute Gasteiger partial charge is 0.337 e. The quantitative estimate of drug-likeness (QED) is 0.628. The number of carbonyl (C=O) groups excluding carboxylic acids is 1. The lowest BCUT2D eigenvalue weighted by Gasteiger charge is -2.09. The highest BCUT2D eigenvalue weighted by Crippen LogP contribution is 2.20. The van der Waals surface area contributed by atoms with Crippen LogP contribution in [0.5, 0.6) is 0 Å². The molecule has 2 aromatic rings. The molecule has 0 radical (unpaired) electrons. The maximum Gasteiger partial charge on any atom is 0.337 e. The average Bonchev–Trinajstić information content (AvgIpc) is 2.41. The Morgan fingerprint density at radius 2 is 2.00 bits per heavy atom. The van der Waals surface area contributed by atoms with Crippen LogP contribution < -0.4 is 5.32 Å². The molecule has 1 aromatic carbocycles. The summed E-state index contributed by atoms with van der Waals surface area (Å²) in [5, 5.41) is 11.5. The van der Waals surface area contributed by atoms with Gasteiger partial charge in [-0.3, -0.25) is 4.79 Å². The molecule has 0 bridgehead atoms. The molecule has 1 amide bonds. The number of halogens is 2. The highest BCUT2D eigenvalue weighted by molar-refractivity contribution is 14.1. The summed E-state index contributed by atoms with van der Waals surface area (Å²) in [5.41, 5.74) is -0.205.